The number of nitrogens with one attached hydrogen (secondary N) is 2. The highest BCUT2D eigenvalue weighted by molar-refractivity contribution is 6.33. The molecule has 0 atom stereocenters. The van der Waals surface area contributed by atoms with E-state index in [-0.39, 0.29) is 18.4 Å². The summed E-state index contributed by atoms with van der Waals surface area (Å²) in [6.45, 7) is 0.799. The number of nitrogens with zero attached hydrogens (tertiary/aromatic N) is 1. The Balaban J connectivity index is 1.65. The molecule has 3 rings (SSSR count). The highest BCUT2D eigenvalue weighted by Crippen LogP contribution is 2.29. The third kappa shape index (κ3) is 3.68. The quantitative estimate of drug-likeness (QED) is 0.873. The Morgan fingerprint density at radius 1 is 1.08 bits per heavy atom. The second kappa shape index (κ2) is 7.36. The molecule has 2 amide bonds. The van der Waals surface area contributed by atoms with Gasteiger partial charge in [-0.05, 0) is 30.7 Å². The third-order valence-corrected chi connectivity index (χ3v) is 4.19. The van der Waals surface area contributed by atoms with Crippen LogP contribution in [0.3, 0.4) is 0 Å². The average molecular weight is 344 g/mol. The van der Waals surface area contributed by atoms with Crippen LogP contribution in [0.4, 0.5) is 17.1 Å². The van der Waals surface area contributed by atoms with Crippen LogP contribution in [0.5, 0.6) is 0 Å². The minimum Gasteiger partial charge on any atom is -0.374 e. The monoisotopic (exact) mass is 343 g/mol. The zero-order chi connectivity index (χ0) is 16.9. The van der Waals surface area contributed by atoms with Gasteiger partial charge in [0.15, 0.2) is 0 Å². The first kappa shape index (κ1) is 16.3. The summed E-state index contributed by atoms with van der Waals surface area (Å²) in [5.74, 6) is -0.0876. The van der Waals surface area contributed by atoms with E-state index in [9.17, 15) is 9.59 Å². The molecule has 24 heavy (non-hydrogen) atoms. The fourth-order valence-electron chi connectivity index (χ4n) is 2.69. The maximum absolute atomic E-state index is 12.1. The lowest BCUT2D eigenvalue weighted by atomic mass is 10.2. The van der Waals surface area contributed by atoms with Crippen molar-refractivity contribution in [2.45, 2.75) is 12.8 Å². The molecular formula is C18H18ClN3O2. The molecule has 1 heterocycles. The zero-order valence-corrected chi connectivity index (χ0v) is 13.8. The summed E-state index contributed by atoms with van der Waals surface area (Å²) in [4.78, 5) is 25.8. The fourth-order valence-corrected chi connectivity index (χ4v) is 2.88. The molecule has 0 unspecified atom stereocenters. The van der Waals surface area contributed by atoms with Crippen LogP contribution in [0, 0.1) is 0 Å². The number of amides is 2. The van der Waals surface area contributed by atoms with Crippen LogP contribution in [0.2, 0.25) is 5.02 Å². The molecule has 5 nitrogen and oxygen atoms in total. The highest BCUT2D eigenvalue weighted by atomic mass is 35.5. The number of hydrogen-bond acceptors (Lipinski definition) is 3. The van der Waals surface area contributed by atoms with Gasteiger partial charge in [-0.2, -0.15) is 0 Å². The summed E-state index contributed by atoms with van der Waals surface area (Å²) in [6.07, 6.45) is 1.43. The highest BCUT2D eigenvalue weighted by Gasteiger charge is 2.23. The lowest BCUT2D eigenvalue weighted by molar-refractivity contribution is -0.117. The van der Waals surface area contributed by atoms with Gasteiger partial charge in [-0.25, -0.2) is 0 Å². The van der Waals surface area contributed by atoms with Crippen LogP contribution >= 0.6 is 11.6 Å². The van der Waals surface area contributed by atoms with Crippen LogP contribution in [0.1, 0.15) is 12.8 Å². The molecule has 0 spiro atoms. The molecule has 1 saturated heterocycles. The largest absolute Gasteiger partial charge is 0.374 e. The first-order chi connectivity index (χ1) is 11.6. The zero-order valence-electron chi connectivity index (χ0n) is 13.1. The molecule has 0 saturated carbocycles. The Morgan fingerprint density at radius 2 is 1.79 bits per heavy atom. The van der Waals surface area contributed by atoms with Crippen LogP contribution < -0.4 is 15.5 Å². The molecule has 1 aliphatic rings. The summed E-state index contributed by atoms with van der Waals surface area (Å²) < 4.78 is 0. The maximum atomic E-state index is 12.1. The SMILES string of the molecule is O=C(CNc1ccccc1N1CCCC1=O)Nc1ccccc1Cl. The number of carbonyl (C=O) groups is 2. The van der Waals surface area contributed by atoms with E-state index >= 15 is 0 Å². The van der Waals surface area contributed by atoms with Crippen molar-refractivity contribution in [3.05, 3.63) is 53.6 Å². The molecule has 124 valence electrons. The number of halogens is 1. The molecule has 2 N–H and O–H groups in total. The molecular weight excluding hydrogens is 326 g/mol. The Kier molecular flexibility index (Phi) is 5.01. The van der Waals surface area contributed by atoms with Crippen LogP contribution in [-0.4, -0.2) is 24.9 Å². The topological polar surface area (TPSA) is 61.4 Å². The average Bonchev–Trinajstić information content (AvgIpc) is 3.01. The van der Waals surface area contributed by atoms with Crippen molar-refractivity contribution in [1.82, 2.24) is 0 Å². The summed E-state index contributed by atoms with van der Waals surface area (Å²) in [7, 11) is 0. The van der Waals surface area contributed by atoms with Gasteiger partial charge in [0.05, 0.1) is 28.6 Å². The van der Waals surface area contributed by atoms with E-state index < -0.39 is 0 Å². The second-order valence-electron chi connectivity index (χ2n) is 5.55. The van der Waals surface area contributed by atoms with Crippen LogP contribution in [-0.2, 0) is 9.59 Å². The standard InChI is InChI=1S/C18H18ClN3O2/c19-13-6-1-2-7-14(13)21-17(23)12-20-15-8-3-4-9-16(15)22-11-5-10-18(22)24/h1-4,6-9,20H,5,10-12H2,(H,21,23). The lowest BCUT2D eigenvalue weighted by Gasteiger charge is -2.20. The first-order valence-corrected chi connectivity index (χ1v) is 8.20. The van der Waals surface area contributed by atoms with Gasteiger partial charge in [-0.1, -0.05) is 35.9 Å². The molecule has 6 heteroatoms. The minimum atomic E-state index is -0.203. The van der Waals surface area contributed by atoms with E-state index in [4.69, 9.17) is 11.6 Å². The number of hydrogen-bond donors (Lipinski definition) is 2. The molecule has 0 bridgehead atoms. The van der Waals surface area contributed by atoms with Crippen molar-refractivity contribution in [1.29, 1.82) is 0 Å². The van der Waals surface area contributed by atoms with Crippen molar-refractivity contribution in [2.24, 2.45) is 0 Å². The van der Waals surface area contributed by atoms with E-state index in [1.165, 1.54) is 0 Å². The summed E-state index contributed by atoms with van der Waals surface area (Å²) in [6, 6.07) is 14.6. The Bertz CT molecular complexity index is 763. The van der Waals surface area contributed by atoms with Crippen LogP contribution in [0.15, 0.2) is 48.5 Å². The summed E-state index contributed by atoms with van der Waals surface area (Å²) >= 11 is 6.03. The van der Waals surface area contributed by atoms with Gasteiger partial charge in [-0.3, -0.25) is 9.59 Å². The van der Waals surface area contributed by atoms with Crippen molar-refractivity contribution < 1.29 is 9.59 Å². The van der Waals surface area contributed by atoms with Crippen molar-refractivity contribution in [3.63, 3.8) is 0 Å². The number of anilines is 3. The number of para-hydroxylation sites is 3. The van der Waals surface area contributed by atoms with E-state index in [1.807, 2.05) is 30.3 Å². The van der Waals surface area contributed by atoms with Crippen molar-refractivity contribution in [2.75, 3.05) is 28.6 Å². The first-order valence-electron chi connectivity index (χ1n) is 7.83. The smallest absolute Gasteiger partial charge is 0.243 e. The van der Waals surface area contributed by atoms with Gasteiger partial charge < -0.3 is 15.5 Å². The fraction of sp³-hybridized carbons (Fsp3) is 0.222. The van der Waals surface area contributed by atoms with E-state index in [0.29, 0.717) is 23.7 Å². The molecule has 1 aliphatic heterocycles. The molecule has 0 aromatic heterocycles. The third-order valence-electron chi connectivity index (χ3n) is 3.86. The number of benzene rings is 2. The van der Waals surface area contributed by atoms with Gasteiger partial charge >= 0.3 is 0 Å². The molecule has 1 fully saturated rings. The summed E-state index contributed by atoms with van der Waals surface area (Å²) in [5, 5.41) is 6.36. The number of rotatable bonds is 5. The van der Waals surface area contributed by atoms with Gasteiger partial charge in [0.25, 0.3) is 0 Å². The maximum Gasteiger partial charge on any atom is 0.243 e. The van der Waals surface area contributed by atoms with Gasteiger partial charge in [0.2, 0.25) is 11.8 Å². The predicted octanol–water partition coefficient (Wildman–Crippen LogP) is 3.52. The molecule has 2 aromatic carbocycles. The van der Waals surface area contributed by atoms with Crippen LogP contribution in [0.25, 0.3) is 0 Å². The van der Waals surface area contributed by atoms with Gasteiger partial charge in [0.1, 0.15) is 0 Å². The second-order valence-corrected chi connectivity index (χ2v) is 5.95. The molecule has 0 radical (unpaired) electrons. The van der Waals surface area contributed by atoms with E-state index in [1.54, 1.807) is 23.1 Å². The van der Waals surface area contributed by atoms with Gasteiger partial charge in [-0.15, -0.1) is 0 Å². The Hall–Kier alpha value is -2.53. The van der Waals surface area contributed by atoms with E-state index in [2.05, 4.69) is 10.6 Å². The minimum absolute atomic E-state index is 0.0876. The van der Waals surface area contributed by atoms with E-state index in [0.717, 1.165) is 17.8 Å². The van der Waals surface area contributed by atoms with Gasteiger partial charge in [0, 0.05) is 13.0 Å². The molecule has 0 aliphatic carbocycles. The Labute approximate surface area is 145 Å². The van der Waals surface area contributed by atoms with Crippen molar-refractivity contribution >= 4 is 40.5 Å². The number of carbonyl (C=O) groups excluding carboxylic acids is 2. The predicted molar refractivity (Wildman–Crippen MR) is 96.6 cm³/mol. The normalized spacial score (nSPS) is 13.9. The Morgan fingerprint density at radius 3 is 2.50 bits per heavy atom. The lowest BCUT2D eigenvalue weighted by Crippen LogP contribution is -2.26. The summed E-state index contributed by atoms with van der Waals surface area (Å²) in [5.41, 5.74) is 2.15. The van der Waals surface area contributed by atoms with Crippen molar-refractivity contribution in [3.8, 4) is 0 Å². The molecule has 2 aromatic rings.